The maximum atomic E-state index is 11.5. The molecule has 2 rings (SSSR count). The van der Waals surface area contributed by atoms with Crippen LogP contribution in [0.15, 0.2) is 0 Å². The number of amides is 2. The van der Waals surface area contributed by atoms with Crippen molar-refractivity contribution in [2.24, 2.45) is 0 Å². The molecule has 22 heavy (non-hydrogen) atoms. The molecule has 2 atom stereocenters. The van der Waals surface area contributed by atoms with Crippen molar-refractivity contribution in [1.29, 1.82) is 0 Å². The van der Waals surface area contributed by atoms with E-state index >= 15 is 0 Å². The molecular formula is C16H32N4O2. The van der Waals surface area contributed by atoms with Gasteiger partial charge in [0.15, 0.2) is 0 Å². The monoisotopic (exact) mass is 312 g/mol. The van der Waals surface area contributed by atoms with Gasteiger partial charge in [-0.1, -0.05) is 6.92 Å². The molecule has 6 nitrogen and oxygen atoms in total. The number of hydrogen-bond acceptors (Lipinski definition) is 4. The van der Waals surface area contributed by atoms with E-state index in [0.717, 1.165) is 51.7 Å². The Bertz CT molecular complexity index is 362. The van der Waals surface area contributed by atoms with E-state index < -0.39 is 0 Å². The minimum atomic E-state index is 0.130. The summed E-state index contributed by atoms with van der Waals surface area (Å²) in [5.74, 6) is 0.358. The number of likely N-dealkylation sites (N-methyl/N-ethyl adjacent to an activating group) is 3. The molecule has 0 aromatic carbocycles. The van der Waals surface area contributed by atoms with Crippen molar-refractivity contribution < 1.29 is 9.59 Å². The van der Waals surface area contributed by atoms with Crippen LogP contribution in [0.1, 0.15) is 39.0 Å². The summed E-state index contributed by atoms with van der Waals surface area (Å²) in [5, 5.41) is 5.58. The van der Waals surface area contributed by atoms with Gasteiger partial charge in [-0.25, -0.2) is 0 Å². The fraction of sp³-hybridized carbons (Fsp3) is 0.875. The third kappa shape index (κ3) is 5.57. The molecule has 2 fully saturated rings. The Balaban J connectivity index is 0.000000224. The Morgan fingerprint density at radius 3 is 1.86 bits per heavy atom. The number of likely N-dealkylation sites (tertiary alicyclic amines) is 2. The van der Waals surface area contributed by atoms with Gasteiger partial charge in [-0.15, -0.1) is 0 Å². The van der Waals surface area contributed by atoms with E-state index in [9.17, 15) is 9.59 Å². The van der Waals surface area contributed by atoms with Crippen molar-refractivity contribution in [2.75, 3.05) is 40.8 Å². The van der Waals surface area contributed by atoms with Crippen molar-refractivity contribution >= 4 is 11.8 Å². The molecule has 0 aromatic heterocycles. The van der Waals surface area contributed by atoms with E-state index in [-0.39, 0.29) is 23.9 Å². The highest BCUT2D eigenvalue weighted by Gasteiger charge is 2.27. The smallest absolute Gasteiger partial charge is 0.237 e. The predicted octanol–water partition coefficient (Wildman–Crippen LogP) is 0.433. The number of carbonyl (C=O) groups is 2. The second-order valence-corrected chi connectivity index (χ2v) is 6.18. The number of carbonyl (C=O) groups excluding carboxylic acids is 2. The third-order valence-electron chi connectivity index (χ3n) is 4.44. The van der Waals surface area contributed by atoms with Crippen molar-refractivity contribution in [3.8, 4) is 0 Å². The van der Waals surface area contributed by atoms with Gasteiger partial charge in [0, 0.05) is 13.6 Å². The first-order valence-electron chi connectivity index (χ1n) is 8.41. The summed E-state index contributed by atoms with van der Waals surface area (Å²) in [4.78, 5) is 26.8. The third-order valence-corrected chi connectivity index (χ3v) is 4.44. The van der Waals surface area contributed by atoms with Crippen LogP contribution in [0.5, 0.6) is 0 Å². The van der Waals surface area contributed by atoms with Gasteiger partial charge < -0.3 is 10.6 Å². The quantitative estimate of drug-likeness (QED) is 0.790. The van der Waals surface area contributed by atoms with Crippen LogP contribution >= 0.6 is 0 Å². The molecule has 2 aliphatic heterocycles. The largest absolute Gasteiger partial charge is 0.358 e. The zero-order valence-corrected chi connectivity index (χ0v) is 14.5. The van der Waals surface area contributed by atoms with Crippen LogP contribution < -0.4 is 10.6 Å². The molecule has 0 spiro atoms. The first-order valence-corrected chi connectivity index (χ1v) is 8.41. The molecule has 0 saturated carbocycles. The summed E-state index contributed by atoms with van der Waals surface area (Å²) in [5.41, 5.74) is 0. The van der Waals surface area contributed by atoms with Crippen molar-refractivity contribution in [2.45, 2.75) is 51.1 Å². The van der Waals surface area contributed by atoms with E-state index in [1.54, 1.807) is 7.05 Å². The van der Waals surface area contributed by atoms with Gasteiger partial charge in [0.2, 0.25) is 11.8 Å². The molecule has 0 aromatic rings. The van der Waals surface area contributed by atoms with Gasteiger partial charge in [-0.05, 0) is 59.3 Å². The lowest BCUT2D eigenvalue weighted by Crippen LogP contribution is -2.41. The van der Waals surface area contributed by atoms with Gasteiger partial charge in [-0.3, -0.25) is 19.4 Å². The lowest BCUT2D eigenvalue weighted by Gasteiger charge is -2.18. The van der Waals surface area contributed by atoms with Crippen LogP contribution in [-0.2, 0) is 9.59 Å². The SMILES string of the molecule is CCCNC(=O)[C@@H]1CCCN1C.CNC(=O)[C@@H]1CCCN1C. The second-order valence-electron chi connectivity index (χ2n) is 6.18. The molecule has 2 N–H and O–H groups in total. The highest BCUT2D eigenvalue weighted by molar-refractivity contribution is 5.82. The number of nitrogens with zero attached hydrogens (tertiary/aromatic N) is 2. The van der Waals surface area contributed by atoms with Crippen LogP contribution in [-0.4, -0.2) is 74.5 Å². The van der Waals surface area contributed by atoms with Crippen LogP contribution in [0.25, 0.3) is 0 Å². The molecular weight excluding hydrogens is 280 g/mol. The van der Waals surface area contributed by atoms with Crippen LogP contribution in [0.2, 0.25) is 0 Å². The van der Waals surface area contributed by atoms with E-state index in [1.807, 2.05) is 14.1 Å². The maximum Gasteiger partial charge on any atom is 0.237 e. The molecule has 0 radical (unpaired) electrons. The molecule has 6 heteroatoms. The minimum Gasteiger partial charge on any atom is -0.358 e. The van der Waals surface area contributed by atoms with E-state index in [0.29, 0.717) is 0 Å². The predicted molar refractivity (Wildman–Crippen MR) is 88.7 cm³/mol. The van der Waals surface area contributed by atoms with Gasteiger partial charge in [0.05, 0.1) is 12.1 Å². The first-order chi connectivity index (χ1) is 10.5. The van der Waals surface area contributed by atoms with E-state index in [2.05, 4.69) is 27.4 Å². The molecule has 2 aliphatic rings. The Morgan fingerprint density at radius 1 is 1.00 bits per heavy atom. The molecule has 2 heterocycles. The fourth-order valence-electron chi connectivity index (χ4n) is 3.02. The maximum absolute atomic E-state index is 11.5. The van der Waals surface area contributed by atoms with Crippen LogP contribution in [0.3, 0.4) is 0 Å². The van der Waals surface area contributed by atoms with Gasteiger partial charge in [0.25, 0.3) is 0 Å². The minimum absolute atomic E-state index is 0.130. The lowest BCUT2D eigenvalue weighted by molar-refractivity contribution is -0.125. The molecule has 2 amide bonds. The van der Waals surface area contributed by atoms with Crippen molar-refractivity contribution in [1.82, 2.24) is 20.4 Å². The first kappa shape index (κ1) is 18.9. The zero-order chi connectivity index (χ0) is 16.5. The Hall–Kier alpha value is -1.14. The Labute approximate surface area is 134 Å². The van der Waals surface area contributed by atoms with Gasteiger partial charge in [0.1, 0.15) is 0 Å². The average Bonchev–Trinajstić information content (AvgIpc) is 3.13. The van der Waals surface area contributed by atoms with Crippen LogP contribution in [0.4, 0.5) is 0 Å². The fourth-order valence-corrected chi connectivity index (χ4v) is 3.02. The zero-order valence-electron chi connectivity index (χ0n) is 14.5. The molecule has 0 aliphatic carbocycles. The number of hydrogen-bond donors (Lipinski definition) is 2. The van der Waals surface area contributed by atoms with Gasteiger partial charge >= 0.3 is 0 Å². The summed E-state index contributed by atoms with van der Waals surface area (Å²) in [6.07, 6.45) is 5.35. The summed E-state index contributed by atoms with van der Waals surface area (Å²) >= 11 is 0. The van der Waals surface area contributed by atoms with E-state index in [1.165, 1.54) is 0 Å². The number of nitrogens with one attached hydrogen (secondary N) is 2. The van der Waals surface area contributed by atoms with Crippen LogP contribution in [0, 0.1) is 0 Å². The van der Waals surface area contributed by atoms with Crippen molar-refractivity contribution in [3.05, 3.63) is 0 Å². The second kappa shape index (κ2) is 9.79. The average molecular weight is 312 g/mol. The summed E-state index contributed by atoms with van der Waals surface area (Å²) in [6, 6.07) is 0.265. The standard InChI is InChI=1S/C9H18N2O.C7H14N2O/c1-3-6-10-9(12)8-5-4-7-11(8)2;1-8-7(10)6-4-3-5-9(6)2/h8H,3-7H2,1-2H3,(H,10,12);6H,3-5H2,1-2H3,(H,8,10)/t8-;6-/m00/s1. The van der Waals surface area contributed by atoms with Gasteiger partial charge in [-0.2, -0.15) is 0 Å². The highest BCUT2D eigenvalue weighted by atomic mass is 16.2. The lowest BCUT2D eigenvalue weighted by atomic mass is 10.2. The highest BCUT2D eigenvalue weighted by Crippen LogP contribution is 2.14. The Kier molecular flexibility index (Phi) is 8.42. The van der Waals surface area contributed by atoms with Crippen molar-refractivity contribution in [3.63, 3.8) is 0 Å². The molecule has 0 bridgehead atoms. The topological polar surface area (TPSA) is 64.7 Å². The number of rotatable bonds is 4. The van der Waals surface area contributed by atoms with E-state index in [4.69, 9.17) is 0 Å². The molecule has 2 saturated heterocycles. The molecule has 128 valence electrons. The Morgan fingerprint density at radius 2 is 1.50 bits per heavy atom. The molecule has 0 unspecified atom stereocenters. The summed E-state index contributed by atoms with van der Waals surface area (Å²) < 4.78 is 0. The summed E-state index contributed by atoms with van der Waals surface area (Å²) in [6.45, 7) is 4.99. The normalized spacial score (nSPS) is 25.5. The summed E-state index contributed by atoms with van der Waals surface area (Å²) in [7, 11) is 5.70.